The number of nitrogens with one attached hydrogen (secondary N) is 1. The number of hydrogen-bond acceptors (Lipinski definition) is 5. The minimum Gasteiger partial charge on any atom is -0.480 e. The molecule has 0 atom stereocenters. The largest absolute Gasteiger partial charge is 0.480 e. The van der Waals surface area contributed by atoms with Gasteiger partial charge in [0.15, 0.2) is 5.82 Å². The first-order valence-electron chi connectivity index (χ1n) is 4.49. The van der Waals surface area contributed by atoms with E-state index in [1.54, 1.807) is 6.92 Å². The van der Waals surface area contributed by atoms with Crippen molar-refractivity contribution in [2.45, 2.75) is 13.5 Å². The van der Waals surface area contributed by atoms with Gasteiger partial charge >= 0.3 is 12.0 Å². The third-order valence-electron chi connectivity index (χ3n) is 1.69. The van der Waals surface area contributed by atoms with Gasteiger partial charge in [0.1, 0.15) is 6.54 Å². The van der Waals surface area contributed by atoms with E-state index in [1.165, 1.54) is 7.05 Å². The molecule has 1 heterocycles. The second kappa shape index (κ2) is 5.10. The van der Waals surface area contributed by atoms with Crippen molar-refractivity contribution in [2.24, 2.45) is 0 Å². The highest BCUT2D eigenvalue weighted by Crippen LogP contribution is 1.94. The van der Waals surface area contributed by atoms with Crippen molar-refractivity contribution in [1.29, 1.82) is 0 Å². The third kappa shape index (κ3) is 3.56. The van der Waals surface area contributed by atoms with E-state index in [0.717, 1.165) is 4.90 Å². The first-order chi connectivity index (χ1) is 7.49. The summed E-state index contributed by atoms with van der Waals surface area (Å²) in [5.74, 6) is -0.328. The first kappa shape index (κ1) is 12.0. The summed E-state index contributed by atoms with van der Waals surface area (Å²) >= 11 is 0. The number of aliphatic carboxylic acids is 1. The summed E-state index contributed by atoms with van der Waals surface area (Å²) in [6.45, 7) is 1.37. The van der Waals surface area contributed by atoms with Crippen LogP contribution < -0.4 is 5.32 Å². The molecule has 0 saturated heterocycles. The average molecular weight is 228 g/mol. The Morgan fingerprint density at radius 2 is 2.25 bits per heavy atom. The van der Waals surface area contributed by atoms with Crippen LogP contribution in [0.5, 0.6) is 0 Å². The van der Waals surface area contributed by atoms with Crippen LogP contribution in [0.15, 0.2) is 4.52 Å². The van der Waals surface area contributed by atoms with Crippen molar-refractivity contribution in [3.05, 3.63) is 11.7 Å². The predicted octanol–water partition coefficient (Wildman–Crippen LogP) is -0.396. The quantitative estimate of drug-likeness (QED) is 0.726. The summed E-state index contributed by atoms with van der Waals surface area (Å²) in [4.78, 5) is 26.6. The van der Waals surface area contributed by atoms with E-state index in [-0.39, 0.29) is 13.1 Å². The van der Waals surface area contributed by atoms with Crippen molar-refractivity contribution in [3.8, 4) is 0 Å². The summed E-state index contributed by atoms with van der Waals surface area (Å²) in [6, 6.07) is -0.509. The van der Waals surface area contributed by atoms with E-state index in [0.29, 0.717) is 11.7 Å². The molecular formula is C8H12N4O4. The van der Waals surface area contributed by atoms with Gasteiger partial charge in [0.2, 0.25) is 5.89 Å². The normalized spacial score (nSPS) is 9.88. The highest BCUT2D eigenvalue weighted by atomic mass is 16.5. The highest BCUT2D eigenvalue weighted by molar-refractivity contribution is 5.79. The van der Waals surface area contributed by atoms with Gasteiger partial charge in [-0.2, -0.15) is 4.98 Å². The van der Waals surface area contributed by atoms with Crippen LogP contribution in [0.2, 0.25) is 0 Å². The summed E-state index contributed by atoms with van der Waals surface area (Å²) in [6.07, 6.45) is 0. The molecule has 0 aliphatic heterocycles. The van der Waals surface area contributed by atoms with Crippen LogP contribution in [0.1, 0.15) is 11.7 Å². The maximum atomic E-state index is 11.3. The molecule has 1 aromatic rings. The zero-order valence-electron chi connectivity index (χ0n) is 8.93. The second-order valence-corrected chi connectivity index (χ2v) is 3.14. The summed E-state index contributed by atoms with van der Waals surface area (Å²) < 4.78 is 4.70. The minimum atomic E-state index is -1.08. The number of hydrogen-bond donors (Lipinski definition) is 2. The molecule has 8 nitrogen and oxygen atoms in total. The maximum absolute atomic E-state index is 11.3. The van der Waals surface area contributed by atoms with Gasteiger partial charge in [0, 0.05) is 14.0 Å². The van der Waals surface area contributed by atoms with Crippen LogP contribution >= 0.6 is 0 Å². The average Bonchev–Trinajstić information content (AvgIpc) is 2.59. The van der Waals surface area contributed by atoms with Gasteiger partial charge in [-0.1, -0.05) is 5.16 Å². The molecular weight excluding hydrogens is 216 g/mol. The van der Waals surface area contributed by atoms with Crippen LogP contribution in [0, 0.1) is 6.92 Å². The van der Waals surface area contributed by atoms with E-state index < -0.39 is 12.0 Å². The third-order valence-corrected chi connectivity index (χ3v) is 1.69. The van der Waals surface area contributed by atoms with Gasteiger partial charge in [-0.25, -0.2) is 4.79 Å². The summed E-state index contributed by atoms with van der Waals surface area (Å²) in [7, 11) is 1.38. The van der Waals surface area contributed by atoms with Gasteiger partial charge in [0.05, 0.1) is 6.54 Å². The highest BCUT2D eigenvalue weighted by Gasteiger charge is 2.12. The number of aryl methyl sites for hydroxylation is 1. The lowest BCUT2D eigenvalue weighted by atomic mass is 10.5. The lowest BCUT2D eigenvalue weighted by molar-refractivity contribution is -0.137. The molecule has 16 heavy (non-hydrogen) atoms. The summed E-state index contributed by atoms with van der Waals surface area (Å²) in [5.41, 5.74) is 0. The Bertz CT molecular complexity index is 389. The Morgan fingerprint density at radius 3 is 2.75 bits per heavy atom. The standard InChI is InChI=1S/C8H12N4O4/c1-5-10-6(11-16-5)3-9-8(15)12(2)4-7(13)14/h3-4H2,1-2H3,(H,9,15)(H,13,14). The number of aromatic nitrogens is 2. The van der Waals surface area contributed by atoms with Gasteiger partial charge in [0.25, 0.3) is 0 Å². The number of rotatable bonds is 4. The van der Waals surface area contributed by atoms with E-state index in [9.17, 15) is 9.59 Å². The number of carboxylic acids is 1. The number of amides is 2. The Labute approximate surface area is 91.2 Å². The predicted molar refractivity (Wildman–Crippen MR) is 51.5 cm³/mol. The molecule has 2 amide bonds. The lowest BCUT2D eigenvalue weighted by Gasteiger charge is -2.14. The SMILES string of the molecule is Cc1nc(CNC(=O)N(C)CC(=O)O)no1. The molecule has 0 bridgehead atoms. The second-order valence-electron chi connectivity index (χ2n) is 3.14. The monoisotopic (exact) mass is 228 g/mol. The molecule has 0 spiro atoms. The molecule has 0 saturated carbocycles. The molecule has 8 heteroatoms. The molecule has 1 rings (SSSR count). The molecule has 88 valence electrons. The van der Waals surface area contributed by atoms with Crippen molar-refractivity contribution in [3.63, 3.8) is 0 Å². The van der Waals surface area contributed by atoms with Crippen molar-refractivity contribution >= 4 is 12.0 Å². The van der Waals surface area contributed by atoms with E-state index in [2.05, 4.69) is 15.5 Å². The van der Waals surface area contributed by atoms with Crippen molar-refractivity contribution < 1.29 is 19.2 Å². The molecule has 0 unspecified atom stereocenters. The van der Waals surface area contributed by atoms with E-state index in [1.807, 2.05) is 0 Å². The van der Waals surface area contributed by atoms with Gasteiger partial charge in [-0.05, 0) is 0 Å². The molecule has 0 aliphatic carbocycles. The lowest BCUT2D eigenvalue weighted by Crippen LogP contribution is -2.39. The fourth-order valence-corrected chi connectivity index (χ4v) is 0.977. The van der Waals surface area contributed by atoms with Crippen LogP contribution in [-0.4, -0.2) is 45.7 Å². The Balaban J connectivity index is 2.37. The summed E-state index contributed by atoms with van der Waals surface area (Å²) in [5, 5.41) is 14.5. The number of nitrogens with zero attached hydrogens (tertiary/aromatic N) is 3. The van der Waals surface area contributed by atoms with E-state index in [4.69, 9.17) is 9.63 Å². The fourth-order valence-electron chi connectivity index (χ4n) is 0.977. The van der Waals surface area contributed by atoms with Crippen LogP contribution in [0.25, 0.3) is 0 Å². The van der Waals surface area contributed by atoms with Gasteiger partial charge in [-0.3, -0.25) is 4.79 Å². The topological polar surface area (TPSA) is 109 Å². The number of carbonyl (C=O) groups excluding carboxylic acids is 1. The van der Waals surface area contributed by atoms with Gasteiger partial charge in [-0.15, -0.1) is 0 Å². The maximum Gasteiger partial charge on any atom is 0.323 e. The zero-order valence-corrected chi connectivity index (χ0v) is 8.93. The van der Waals surface area contributed by atoms with Crippen molar-refractivity contribution in [2.75, 3.05) is 13.6 Å². The Morgan fingerprint density at radius 1 is 1.56 bits per heavy atom. The fraction of sp³-hybridized carbons (Fsp3) is 0.500. The Hall–Kier alpha value is -2.12. The molecule has 0 radical (unpaired) electrons. The molecule has 1 aromatic heterocycles. The van der Waals surface area contributed by atoms with Crippen LogP contribution in [0.3, 0.4) is 0 Å². The first-order valence-corrected chi connectivity index (χ1v) is 4.49. The number of carbonyl (C=O) groups is 2. The van der Waals surface area contributed by atoms with Crippen LogP contribution in [-0.2, 0) is 11.3 Å². The molecule has 0 aromatic carbocycles. The Kier molecular flexibility index (Phi) is 3.81. The molecule has 2 N–H and O–H groups in total. The van der Waals surface area contributed by atoms with Gasteiger partial charge < -0.3 is 19.8 Å². The van der Waals surface area contributed by atoms with Crippen LogP contribution in [0.4, 0.5) is 4.79 Å². The smallest absolute Gasteiger partial charge is 0.323 e. The zero-order chi connectivity index (χ0) is 12.1. The van der Waals surface area contributed by atoms with Crippen molar-refractivity contribution in [1.82, 2.24) is 20.4 Å². The van der Waals surface area contributed by atoms with E-state index >= 15 is 0 Å². The molecule has 0 aliphatic rings. The number of carboxylic acid groups (broad SMARTS) is 1. The number of urea groups is 1. The minimum absolute atomic E-state index is 0.0974. The molecule has 0 fully saturated rings. The number of likely N-dealkylation sites (N-methyl/N-ethyl adjacent to an activating group) is 1.